The van der Waals surface area contributed by atoms with E-state index in [0.717, 1.165) is 36.6 Å². The second kappa shape index (κ2) is 7.72. The van der Waals surface area contributed by atoms with E-state index in [1.807, 2.05) is 12.2 Å². The number of halogens is 2. The summed E-state index contributed by atoms with van der Waals surface area (Å²) in [7, 11) is 0. The van der Waals surface area contributed by atoms with Gasteiger partial charge in [0, 0.05) is 17.7 Å². The highest BCUT2D eigenvalue weighted by Gasteiger charge is 2.47. The molecule has 1 spiro atoms. The van der Waals surface area contributed by atoms with Crippen LogP contribution in [0.3, 0.4) is 0 Å². The summed E-state index contributed by atoms with van der Waals surface area (Å²) in [5, 5.41) is 15.8. The number of nitrogens with zero attached hydrogens (tertiary/aromatic N) is 1. The van der Waals surface area contributed by atoms with Crippen molar-refractivity contribution in [1.29, 1.82) is 0 Å². The van der Waals surface area contributed by atoms with Gasteiger partial charge in [0.1, 0.15) is 47.4 Å². The molecule has 7 nitrogen and oxygen atoms in total. The van der Waals surface area contributed by atoms with Crippen LogP contribution in [0.5, 0.6) is 5.75 Å². The van der Waals surface area contributed by atoms with Crippen LogP contribution in [0.15, 0.2) is 40.5 Å². The maximum Gasteiger partial charge on any atom is 0.266 e. The normalized spacial score (nSPS) is 29.1. The number of ether oxygens (including phenoxy) is 2. The average molecular weight is 431 g/mol. The molecule has 1 amide bonds. The molecule has 31 heavy (non-hydrogen) atoms. The van der Waals surface area contributed by atoms with Gasteiger partial charge >= 0.3 is 0 Å². The number of benzene rings is 1. The van der Waals surface area contributed by atoms with Crippen molar-refractivity contribution in [2.75, 3.05) is 18.5 Å². The summed E-state index contributed by atoms with van der Waals surface area (Å²) in [6.45, 7) is 0.327. The van der Waals surface area contributed by atoms with E-state index in [0.29, 0.717) is 31.2 Å². The Morgan fingerprint density at radius 1 is 1.32 bits per heavy atom. The van der Waals surface area contributed by atoms with E-state index in [-0.39, 0.29) is 18.0 Å². The van der Waals surface area contributed by atoms with Gasteiger partial charge in [-0.2, -0.15) is 0 Å². The lowest BCUT2D eigenvalue weighted by Crippen LogP contribution is -2.51. The summed E-state index contributed by atoms with van der Waals surface area (Å²) < 4.78 is 39.0. The third kappa shape index (κ3) is 3.61. The number of hydrogen-bond donors (Lipinski definition) is 3. The monoisotopic (exact) mass is 431 g/mol. The van der Waals surface area contributed by atoms with Crippen molar-refractivity contribution in [2.45, 2.75) is 50.0 Å². The van der Waals surface area contributed by atoms with Gasteiger partial charge in [0.2, 0.25) is 0 Å². The number of carbonyl (C=O) groups is 1. The van der Waals surface area contributed by atoms with Crippen molar-refractivity contribution in [3.63, 3.8) is 0 Å². The number of nitrogens with one attached hydrogen (secondary N) is 2. The van der Waals surface area contributed by atoms with Gasteiger partial charge in [0.05, 0.1) is 12.3 Å². The first kappa shape index (κ1) is 20.1. The number of hydrogen-bond acceptors (Lipinski definition) is 6. The first-order valence-corrected chi connectivity index (χ1v) is 10.4. The quantitative estimate of drug-likeness (QED) is 0.670. The fourth-order valence-electron chi connectivity index (χ4n) is 4.32. The summed E-state index contributed by atoms with van der Waals surface area (Å²) in [6.07, 6.45) is 6.62. The van der Waals surface area contributed by atoms with Crippen molar-refractivity contribution in [1.82, 2.24) is 5.32 Å². The molecule has 5 rings (SSSR count). The van der Waals surface area contributed by atoms with Gasteiger partial charge in [-0.15, -0.1) is 0 Å². The second-order valence-corrected chi connectivity index (χ2v) is 8.25. The predicted molar refractivity (Wildman–Crippen MR) is 109 cm³/mol. The van der Waals surface area contributed by atoms with Crippen LogP contribution in [0.25, 0.3) is 0 Å². The van der Waals surface area contributed by atoms with Crippen LogP contribution in [0, 0.1) is 11.6 Å². The van der Waals surface area contributed by atoms with Crippen LogP contribution >= 0.6 is 0 Å². The number of aliphatic imine (C=N–C) groups is 1. The molecule has 0 radical (unpaired) electrons. The highest BCUT2D eigenvalue weighted by molar-refractivity contribution is 6.39. The Kier molecular flexibility index (Phi) is 5.02. The standard InChI is InChI=1S/C22H23F2N3O4/c23-13-8-14(24)18-17(9-13)30-11-16(21(29)27-18)26-20(28)15-5-2-1-4-12-10-31-22(6-3-7-22)19(12)25-15/h1,4,8-9,16,21,27,29H,2-3,5-7,10-11H2,(H,26,28)/b4-1-,25-15+/t16-,21?/m0/s1. The number of fused-ring (bicyclic) bond motifs is 2. The molecular formula is C22H23F2N3O4. The highest BCUT2D eigenvalue weighted by Crippen LogP contribution is 2.48. The topological polar surface area (TPSA) is 92.2 Å². The molecule has 4 aliphatic rings. The lowest BCUT2D eigenvalue weighted by atomic mass is 9.77. The maximum absolute atomic E-state index is 14.1. The molecule has 0 aromatic heterocycles. The number of allylic oxidation sites excluding steroid dienone is 1. The van der Waals surface area contributed by atoms with Gasteiger partial charge in [0.15, 0.2) is 5.82 Å². The molecule has 3 N–H and O–H groups in total. The first-order valence-electron chi connectivity index (χ1n) is 10.4. The average Bonchev–Trinajstić information content (AvgIpc) is 2.96. The van der Waals surface area contributed by atoms with Crippen LogP contribution in [0.4, 0.5) is 14.5 Å². The van der Waals surface area contributed by atoms with E-state index in [1.165, 1.54) is 0 Å². The third-order valence-electron chi connectivity index (χ3n) is 6.20. The minimum Gasteiger partial charge on any atom is -0.489 e. The fourth-order valence-corrected chi connectivity index (χ4v) is 4.32. The van der Waals surface area contributed by atoms with Crippen LogP contribution in [0.1, 0.15) is 32.1 Å². The Bertz CT molecular complexity index is 1020. The number of anilines is 1. The zero-order valence-corrected chi connectivity index (χ0v) is 16.8. The molecule has 3 aliphatic heterocycles. The Morgan fingerprint density at radius 2 is 2.16 bits per heavy atom. The molecule has 9 heteroatoms. The molecule has 164 valence electrons. The van der Waals surface area contributed by atoms with Gasteiger partial charge in [0.25, 0.3) is 5.91 Å². The van der Waals surface area contributed by atoms with Gasteiger partial charge in [-0.3, -0.25) is 4.79 Å². The van der Waals surface area contributed by atoms with Crippen molar-refractivity contribution in [2.24, 2.45) is 4.99 Å². The van der Waals surface area contributed by atoms with Crippen LogP contribution < -0.4 is 15.4 Å². The Labute approximate surface area is 177 Å². The molecule has 2 atom stereocenters. The number of amides is 1. The van der Waals surface area contributed by atoms with Gasteiger partial charge in [-0.1, -0.05) is 12.2 Å². The van der Waals surface area contributed by atoms with E-state index in [2.05, 4.69) is 10.6 Å². The van der Waals surface area contributed by atoms with Crippen molar-refractivity contribution >= 4 is 17.3 Å². The minimum atomic E-state index is -1.33. The van der Waals surface area contributed by atoms with Crippen LogP contribution in [-0.4, -0.2) is 47.8 Å². The van der Waals surface area contributed by atoms with E-state index in [4.69, 9.17) is 14.5 Å². The summed E-state index contributed by atoms with van der Waals surface area (Å²) in [5.41, 5.74) is 1.62. The SMILES string of the molecule is O=C(N[C@H]1COc2cc(F)cc(F)c2NC1O)/C1=N/C2=C(/C=C\CC1)COC21CCC1. The molecular weight excluding hydrogens is 408 g/mol. The molecule has 0 bridgehead atoms. The summed E-state index contributed by atoms with van der Waals surface area (Å²) in [6, 6.07) is 0.833. The molecule has 0 saturated heterocycles. The molecule has 1 unspecified atom stereocenters. The van der Waals surface area contributed by atoms with E-state index < -0.39 is 35.4 Å². The van der Waals surface area contributed by atoms with Gasteiger partial charge in [-0.25, -0.2) is 13.8 Å². The van der Waals surface area contributed by atoms with Crippen molar-refractivity contribution in [3.05, 3.63) is 47.2 Å². The lowest BCUT2D eigenvalue weighted by Gasteiger charge is -2.38. The first-order chi connectivity index (χ1) is 14.9. The Morgan fingerprint density at radius 3 is 2.94 bits per heavy atom. The molecule has 1 aromatic rings. The Hall–Kier alpha value is -2.78. The highest BCUT2D eigenvalue weighted by atomic mass is 19.1. The van der Waals surface area contributed by atoms with Crippen LogP contribution in [0.2, 0.25) is 0 Å². The molecule has 1 fully saturated rings. The molecule has 3 heterocycles. The van der Waals surface area contributed by atoms with E-state index in [9.17, 15) is 18.7 Å². The largest absolute Gasteiger partial charge is 0.489 e. The minimum absolute atomic E-state index is 0.0634. The zero-order chi connectivity index (χ0) is 21.6. The number of rotatable bonds is 2. The van der Waals surface area contributed by atoms with E-state index >= 15 is 0 Å². The molecule has 1 aromatic carbocycles. The lowest BCUT2D eigenvalue weighted by molar-refractivity contribution is -0.116. The fraction of sp³-hybridized carbons (Fsp3) is 0.455. The van der Waals surface area contributed by atoms with Crippen molar-refractivity contribution < 1.29 is 28.2 Å². The second-order valence-electron chi connectivity index (χ2n) is 8.25. The predicted octanol–water partition coefficient (Wildman–Crippen LogP) is 2.57. The summed E-state index contributed by atoms with van der Waals surface area (Å²) >= 11 is 0. The molecule has 1 saturated carbocycles. The smallest absolute Gasteiger partial charge is 0.266 e. The van der Waals surface area contributed by atoms with Crippen LogP contribution in [-0.2, 0) is 9.53 Å². The zero-order valence-electron chi connectivity index (χ0n) is 16.8. The van der Waals surface area contributed by atoms with E-state index in [1.54, 1.807) is 0 Å². The third-order valence-corrected chi connectivity index (χ3v) is 6.20. The summed E-state index contributed by atoms with van der Waals surface area (Å²) in [5.74, 6) is -2.18. The van der Waals surface area contributed by atoms with Crippen molar-refractivity contribution in [3.8, 4) is 5.75 Å². The molecule has 1 aliphatic carbocycles. The van der Waals surface area contributed by atoms with Gasteiger partial charge < -0.3 is 25.2 Å². The number of aliphatic hydroxyl groups is 1. The maximum atomic E-state index is 14.1. The number of aliphatic hydroxyl groups excluding tert-OH is 1. The number of carbonyl (C=O) groups excluding carboxylic acids is 1. The van der Waals surface area contributed by atoms with Gasteiger partial charge in [-0.05, 0) is 32.1 Å². The Balaban J connectivity index is 1.35. The summed E-state index contributed by atoms with van der Waals surface area (Å²) in [4.78, 5) is 17.7.